The van der Waals surface area contributed by atoms with Gasteiger partial charge < -0.3 is 10.6 Å². The standard InChI is InChI=1S/C14H27N5O/c1-11(2)5-6-16-14(20)10-19-9-13(17-18-19)8-15-7-12(3)4/h9,11-12,15H,5-8,10H2,1-4H3,(H,16,20). The normalized spacial score (nSPS) is 11.3. The third kappa shape index (κ3) is 7.23. The first-order valence-electron chi connectivity index (χ1n) is 7.33. The van der Waals surface area contributed by atoms with Gasteiger partial charge in [-0.15, -0.1) is 5.10 Å². The lowest BCUT2D eigenvalue weighted by atomic mass is 10.1. The Balaban J connectivity index is 2.27. The van der Waals surface area contributed by atoms with Crippen LogP contribution in [0.3, 0.4) is 0 Å². The molecule has 0 radical (unpaired) electrons. The van der Waals surface area contributed by atoms with Gasteiger partial charge in [-0.25, -0.2) is 4.68 Å². The smallest absolute Gasteiger partial charge is 0.241 e. The summed E-state index contributed by atoms with van der Waals surface area (Å²) in [7, 11) is 0. The first-order valence-corrected chi connectivity index (χ1v) is 7.33. The fraction of sp³-hybridized carbons (Fsp3) is 0.786. The lowest BCUT2D eigenvalue weighted by Crippen LogP contribution is -2.29. The van der Waals surface area contributed by atoms with Crippen molar-refractivity contribution < 1.29 is 4.79 Å². The van der Waals surface area contributed by atoms with Crippen molar-refractivity contribution in [3.05, 3.63) is 11.9 Å². The summed E-state index contributed by atoms with van der Waals surface area (Å²) in [5, 5.41) is 14.2. The molecule has 0 fully saturated rings. The number of carbonyl (C=O) groups excluding carboxylic acids is 1. The third-order valence-electron chi connectivity index (χ3n) is 2.79. The van der Waals surface area contributed by atoms with E-state index < -0.39 is 0 Å². The van der Waals surface area contributed by atoms with Crippen LogP contribution in [0.4, 0.5) is 0 Å². The number of hydrogen-bond donors (Lipinski definition) is 2. The lowest BCUT2D eigenvalue weighted by molar-refractivity contribution is -0.121. The van der Waals surface area contributed by atoms with Crippen molar-refractivity contribution >= 4 is 5.91 Å². The van der Waals surface area contributed by atoms with Gasteiger partial charge in [0.15, 0.2) is 0 Å². The maximum absolute atomic E-state index is 11.7. The minimum Gasteiger partial charge on any atom is -0.354 e. The zero-order valence-electron chi connectivity index (χ0n) is 13.0. The molecule has 20 heavy (non-hydrogen) atoms. The topological polar surface area (TPSA) is 71.8 Å². The van der Waals surface area contributed by atoms with Crippen LogP contribution >= 0.6 is 0 Å². The SMILES string of the molecule is CC(C)CCNC(=O)Cn1cc(CNCC(C)C)nn1. The molecule has 6 heteroatoms. The number of nitrogens with one attached hydrogen (secondary N) is 2. The molecular weight excluding hydrogens is 254 g/mol. The average molecular weight is 281 g/mol. The molecule has 2 N–H and O–H groups in total. The van der Waals surface area contributed by atoms with E-state index in [4.69, 9.17) is 0 Å². The minimum atomic E-state index is -0.0164. The molecule has 0 saturated heterocycles. The van der Waals surface area contributed by atoms with Gasteiger partial charge in [-0.3, -0.25) is 4.79 Å². The zero-order valence-corrected chi connectivity index (χ0v) is 13.0. The van der Waals surface area contributed by atoms with Crippen LogP contribution in [-0.2, 0) is 17.9 Å². The molecule has 0 spiro atoms. The number of amides is 1. The average Bonchev–Trinajstić information content (AvgIpc) is 2.75. The highest BCUT2D eigenvalue weighted by Gasteiger charge is 2.06. The van der Waals surface area contributed by atoms with Gasteiger partial charge in [-0.1, -0.05) is 32.9 Å². The Morgan fingerprint density at radius 3 is 2.70 bits per heavy atom. The Morgan fingerprint density at radius 1 is 1.30 bits per heavy atom. The summed E-state index contributed by atoms with van der Waals surface area (Å²) in [6.07, 6.45) is 2.81. The maximum Gasteiger partial charge on any atom is 0.241 e. The Kier molecular flexibility index (Phi) is 7.22. The number of rotatable bonds is 9. The highest BCUT2D eigenvalue weighted by atomic mass is 16.2. The Hall–Kier alpha value is -1.43. The molecule has 6 nitrogen and oxygen atoms in total. The quantitative estimate of drug-likeness (QED) is 0.713. The van der Waals surface area contributed by atoms with Crippen LogP contribution in [0.25, 0.3) is 0 Å². The first-order chi connectivity index (χ1) is 9.47. The second kappa shape index (κ2) is 8.68. The lowest BCUT2D eigenvalue weighted by Gasteiger charge is -2.06. The van der Waals surface area contributed by atoms with Crippen LogP contribution in [0.15, 0.2) is 6.20 Å². The number of nitrogens with zero attached hydrogens (tertiary/aromatic N) is 3. The van der Waals surface area contributed by atoms with Crippen molar-refractivity contribution in [2.24, 2.45) is 11.8 Å². The van der Waals surface area contributed by atoms with Crippen LogP contribution < -0.4 is 10.6 Å². The number of hydrogen-bond acceptors (Lipinski definition) is 4. The van der Waals surface area contributed by atoms with E-state index in [1.165, 1.54) is 0 Å². The van der Waals surface area contributed by atoms with Crippen molar-refractivity contribution in [1.29, 1.82) is 0 Å². The number of aromatic nitrogens is 3. The van der Waals surface area contributed by atoms with Crippen molar-refractivity contribution in [3.63, 3.8) is 0 Å². The van der Waals surface area contributed by atoms with E-state index in [9.17, 15) is 4.79 Å². The highest BCUT2D eigenvalue weighted by molar-refractivity contribution is 5.75. The van der Waals surface area contributed by atoms with Crippen LogP contribution in [0, 0.1) is 11.8 Å². The second-order valence-corrected chi connectivity index (χ2v) is 5.96. The Labute approximate surface area is 121 Å². The molecule has 0 aliphatic heterocycles. The molecule has 0 unspecified atom stereocenters. The molecule has 0 atom stereocenters. The Bertz CT molecular complexity index is 400. The second-order valence-electron chi connectivity index (χ2n) is 5.96. The van der Waals surface area contributed by atoms with Gasteiger partial charge in [0.1, 0.15) is 6.54 Å². The van der Waals surface area contributed by atoms with Crippen LogP contribution in [-0.4, -0.2) is 34.0 Å². The fourth-order valence-corrected chi connectivity index (χ4v) is 1.69. The number of carbonyl (C=O) groups is 1. The van der Waals surface area contributed by atoms with Crippen molar-refractivity contribution in [2.45, 2.75) is 47.2 Å². The van der Waals surface area contributed by atoms with E-state index >= 15 is 0 Å². The van der Waals surface area contributed by atoms with E-state index in [1.807, 2.05) is 6.20 Å². The summed E-state index contributed by atoms with van der Waals surface area (Å²) in [5.41, 5.74) is 0.862. The monoisotopic (exact) mass is 281 g/mol. The predicted molar refractivity (Wildman–Crippen MR) is 79.0 cm³/mol. The molecule has 1 aromatic rings. The molecular formula is C14H27N5O. The van der Waals surface area contributed by atoms with Gasteiger partial charge >= 0.3 is 0 Å². The third-order valence-corrected chi connectivity index (χ3v) is 2.79. The summed E-state index contributed by atoms with van der Waals surface area (Å²) in [5.74, 6) is 1.19. The van der Waals surface area contributed by atoms with E-state index in [1.54, 1.807) is 4.68 Å². The van der Waals surface area contributed by atoms with Gasteiger partial charge in [0, 0.05) is 13.1 Å². The predicted octanol–water partition coefficient (Wildman–Crippen LogP) is 1.19. The van der Waals surface area contributed by atoms with E-state index in [-0.39, 0.29) is 12.5 Å². The molecule has 1 rings (SSSR count). The van der Waals surface area contributed by atoms with Gasteiger partial charge in [-0.2, -0.15) is 0 Å². The van der Waals surface area contributed by atoms with Crippen molar-refractivity contribution in [1.82, 2.24) is 25.6 Å². The highest BCUT2D eigenvalue weighted by Crippen LogP contribution is 1.97. The molecule has 0 aliphatic carbocycles. The van der Waals surface area contributed by atoms with Crippen LogP contribution in [0.5, 0.6) is 0 Å². The Morgan fingerprint density at radius 2 is 2.05 bits per heavy atom. The molecule has 114 valence electrons. The molecule has 0 aromatic carbocycles. The first kappa shape index (κ1) is 16.6. The van der Waals surface area contributed by atoms with E-state index in [0.717, 1.165) is 18.7 Å². The summed E-state index contributed by atoms with van der Waals surface area (Å²) in [6, 6.07) is 0. The van der Waals surface area contributed by atoms with E-state index in [0.29, 0.717) is 24.9 Å². The van der Waals surface area contributed by atoms with Crippen molar-refractivity contribution in [2.75, 3.05) is 13.1 Å². The van der Waals surface area contributed by atoms with Gasteiger partial charge in [0.2, 0.25) is 5.91 Å². The summed E-state index contributed by atoms with van der Waals surface area (Å²) in [6.45, 7) is 11.2. The molecule has 1 heterocycles. The van der Waals surface area contributed by atoms with Crippen LogP contribution in [0.1, 0.15) is 39.8 Å². The van der Waals surface area contributed by atoms with Gasteiger partial charge in [0.05, 0.1) is 11.9 Å². The minimum absolute atomic E-state index is 0.0164. The summed E-state index contributed by atoms with van der Waals surface area (Å²) >= 11 is 0. The maximum atomic E-state index is 11.7. The summed E-state index contributed by atoms with van der Waals surface area (Å²) < 4.78 is 1.58. The molecule has 0 bridgehead atoms. The van der Waals surface area contributed by atoms with Crippen molar-refractivity contribution in [3.8, 4) is 0 Å². The molecule has 1 amide bonds. The zero-order chi connectivity index (χ0) is 15.0. The fourth-order valence-electron chi connectivity index (χ4n) is 1.69. The largest absolute Gasteiger partial charge is 0.354 e. The van der Waals surface area contributed by atoms with Gasteiger partial charge in [-0.05, 0) is 24.8 Å². The van der Waals surface area contributed by atoms with E-state index in [2.05, 4.69) is 48.6 Å². The molecule has 1 aromatic heterocycles. The molecule has 0 aliphatic rings. The molecule has 0 saturated carbocycles. The van der Waals surface area contributed by atoms with Crippen LogP contribution in [0.2, 0.25) is 0 Å². The summed E-state index contributed by atoms with van der Waals surface area (Å²) in [4.78, 5) is 11.7. The van der Waals surface area contributed by atoms with Gasteiger partial charge in [0.25, 0.3) is 0 Å².